The van der Waals surface area contributed by atoms with Crippen LogP contribution in [0.15, 0.2) is 0 Å². The lowest BCUT2D eigenvalue weighted by molar-refractivity contribution is -0.174. The van der Waals surface area contributed by atoms with Crippen molar-refractivity contribution in [1.82, 2.24) is 10.2 Å². The van der Waals surface area contributed by atoms with Crippen molar-refractivity contribution < 1.29 is 15.0 Å². The second-order valence-corrected chi connectivity index (χ2v) is 13.6. The zero-order valence-corrected chi connectivity index (χ0v) is 22.0. The first kappa shape index (κ1) is 25.0. The largest absolute Gasteiger partial charge is 0.393 e. The molecule has 0 bridgehead atoms. The number of hydrogen-bond acceptors (Lipinski definition) is 4. The Bertz CT molecular complexity index is 739. The van der Waals surface area contributed by atoms with E-state index in [9.17, 15) is 15.0 Å². The third kappa shape index (κ3) is 4.36. The quantitative estimate of drug-likeness (QED) is 0.528. The van der Waals surface area contributed by atoms with Crippen molar-refractivity contribution in [3.8, 4) is 0 Å². The standard InChI is InChI=1S/C29H50N2O3/c1-19(6-9-26(34)30-18-31-14-4-5-15-31)22-7-8-23-27-24(11-13-29(22,23)3)28(2)12-10-21(32)16-20(28)17-25(27)33/h19-25,27,32-33H,4-18H2,1-3H3,(H,30,34)/t19-,20+,21-,22-,23+,24+,25+,27+,28+,29-/m1/s1. The number of rotatable bonds is 6. The molecule has 4 aliphatic carbocycles. The van der Waals surface area contributed by atoms with Crippen LogP contribution >= 0.6 is 0 Å². The summed E-state index contributed by atoms with van der Waals surface area (Å²) in [5.74, 6) is 3.56. The maximum absolute atomic E-state index is 12.5. The van der Waals surface area contributed by atoms with Crippen LogP contribution in [0, 0.1) is 46.3 Å². The molecular weight excluding hydrogens is 424 g/mol. The Labute approximate surface area is 207 Å². The third-order valence-electron chi connectivity index (χ3n) is 11.9. The molecular formula is C29H50N2O3. The van der Waals surface area contributed by atoms with E-state index in [0.717, 1.165) is 45.2 Å². The molecule has 5 nitrogen and oxygen atoms in total. The van der Waals surface area contributed by atoms with Crippen molar-refractivity contribution in [2.45, 2.75) is 110 Å². The Balaban J connectivity index is 1.21. The molecule has 0 aromatic rings. The summed E-state index contributed by atoms with van der Waals surface area (Å²) in [5.41, 5.74) is 0.590. The predicted molar refractivity (Wildman–Crippen MR) is 135 cm³/mol. The van der Waals surface area contributed by atoms with E-state index in [1.54, 1.807) is 0 Å². The van der Waals surface area contributed by atoms with Gasteiger partial charge in [-0.25, -0.2) is 0 Å². The van der Waals surface area contributed by atoms with Crippen molar-refractivity contribution in [2.24, 2.45) is 46.3 Å². The van der Waals surface area contributed by atoms with E-state index in [0.29, 0.717) is 59.4 Å². The van der Waals surface area contributed by atoms with Gasteiger partial charge in [-0.1, -0.05) is 20.8 Å². The van der Waals surface area contributed by atoms with E-state index in [1.165, 1.54) is 38.5 Å². The molecule has 5 heteroatoms. The van der Waals surface area contributed by atoms with Gasteiger partial charge in [0.05, 0.1) is 18.9 Å². The van der Waals surface area contributed by atoms with Crippen LogP contribution in [-0.4, -0.2) is 53.0 Å². The normalized spacial score (nSPS) is 47.5. The van der Waals surface area contributed by atoms with Crippen LogP contribution in [-0.2, 0) is 4.79 Å². The number of hydrogen-bond donors (Lipinski definition) is 3. The zero-order chi connectivity index (χ0) is 24.1. The Morgan fingerprint density at radius 1 is 1.00 bits per heavy atom. The molecule has 5 fully saturated rings. The first-order valence-corrected chi connectivity index (χ1v) is 14.6. The third-order valence-corrected chi connectivity index (χ3v) is 11.9. The van der Waals surface area contributed by atoms with Gasteiger partial charge in [0.2, 0.25) is 5.91 Å². The SMILES string of the molecule is C[C@H](CCC(=O)NCN1CCCC1)[C@H]1CC[C@H]2[C@@H]3[C@@H](O)C[C@@H]4C[C@H](O)CC[C@]4(C)[C@H]3CC[C@]12C. The van der Waals surface area contributed by atoms with Gasteiger partial charge >= 0.3 is 0 Å². The van der Waals surface area contributed by atoms with Gasteiger partial charge in [0.1, 0.15) is 0 Å². The summed E-state index contributed by atoms with van der Waals surface area (Å²) < 4.78 is 0. The highest BCUT2D eigenvalue weighted by molar-refractivity contribution is 5.75. The topological polar surface area (TPSA) is 72.8 Å². The summed E-state index contributed by atoms with van der Waals surface area (Å²) in [6, 6.07) is 0. The summed E-state index contributed by atoms with van der Waals surface area (Å²) in [5, 5.41) is 24.9. The fraction of sp³-hybridized carbons (Fsp3) is 0.966. The summed E-state index contributed by atoms with van der Waals surface area (Å²) in [6.45, 7) is 10.4. The molecule has 5 rings (SSSR count). The van der Waals surface area contributed by atoms with Crippen LogP contribution in [0.25, 0.3) is 0 Å². The van der Waals surface area contributed by atoms with Crippen molar-refractivity contribution in [3.63, 3.8) is 0 Å². The number of carbonyl (C=O) groups is 1. The van der Waals surface area contributed by atoms with Crippen molar-refractivity contribution in [2.75, 3.05) is 19.8 Å². The second kappa shape index (κ2) is 9.67. The molecule has 4 saturated carbocycles. The lowest BCUT2D eigenvalue weighted by Gasteiger charge is -2.62. The van der Waals surface area contributed by atoms with Crippen LogP contribution < -0.4 is 5.32 Å². The van der Waals surface area contributed by atoms with Gasteiger partial charge in [-0.05, 0) is 130 Å². The molecule has 194 valence electrons. The molecule has 5 aliphatic rings. The summed E-state index contributed by atoms with van der Waals surface area (Å²) in [4.78, 5) is 14.9. The monoisotopic (exact) mass is 474 g/mol. The van der Waals surface area contributed by atoms with Crippen molar-refractivity contribution >= 4 is 5.91 Å². The van der Waals surface area contributed by atoms with Crippen molar-refractivity contribution in [1.29, 1.82) is 0 Å². The molecule has 0 radical (unpaired) electrons. The van der Waals surface area contributed by atoms with Gasteiger partial charge in [-0.15, -0.1) is 0 Å². The maximum Gasteiger partial charge on any atom is 0.221 e. The lowest BCUT2D eigenvalue weighted by atomic mass is 9.43. The fourth-order valence-corrected chi connectivity index (χ4v) is 9.96. The zero-order valence-electron chi connectivity index (χ0n) is 22.0. The minimum absolute atomic E-state index is 0.167. The van der Waals surface area contributed by atoms with Gasteiger partial charge in [-0.3, -0.25) is 9.69 Å². The maximum atomic E-state index is 12.5. The van der Waals surface area contributed by atoms with Gasteiger partial charge in [-0.2, -0.15) is 0 Å². The number of nitrogens with zero attached hydrogens (tertiary/aromatic N) is 1. The number of aliphatic hydroxyl groups excluding tert-OH is 2. The van der Waals surface area contributed by atoms with Gasteiger partial charge in [0, 0.05) is 6.42 Å². The lowest BCUT2D eigenvalue weighted by Crippen LogP contribution is -2.58. The Morgan fingerprint density at radius 3 is 2.47 bits per heavy atom. The van der Waals surface area contributed by atoms with E-state index < -0.39 is 0 Å². The van der Waals surface area contributed by atoms with E-state index in [-0.39, 0.29) is 18.1 Å². The number of likely N-dealkylation sites (tertiary alicyclic amines) is 1. The Kier molecular flexibility index (Phi) is 7.11. The highest BCUT2D eigenvalue weighted by Gasteiger charge is 2.62. The smallest absolute Gasteiger partial charge is 0.221 e. The molecule has 3 N–H and O–H groups in total. The molecule has 0 unspecified atom stereocenters. The first-order chi connectivity index (χ1) is 16.2. The second-order valence-electron chi connectivity index (χ2n) is 13.6. The molecule has 1 aliphatic heterocycles. The van der Waals surface area contributed by atoms with Gasteiger partial charge < -0.3 is 15.5 Å². The van der Waals surface area contributed by atoms with E-state index in [1.807, 2.05) is 0 Å². The first-order valence-electron chi connectivity index (χ1n) is 14.6. The average molecular weight is 475 g/mol. The van der Waals surface area contributed by atoms with Crippen LogP contribution in [0.2, 0.25) is 0 Å². The molecule has 0 spiro atoms. The van der Waals surface area contributed by atoms with Crippen LogP contribution in [0.1, 0.15) is 97.8 Å². The van der Waals surface area contributed by atoms with E-state index in [2.05, 4.69) is 31.0 Å². The highest BCUT2D eigenvalue weighted by atomic mass is 16.3. The molecule has 10 atom stereocenters. The molecule has 0 aromatic carbocycles. The molecule has 1 amide bonds. The number of nitrogens with one attached hydrogen (secondary N) is 1. The summed E-state index contributed by atoms with van der Waals surface area (Å²) in [6.07, 6.45) is 12.6. The number of amides is 1. The Hall–Kier alpha value is -0.650. The minimum atomic E-state index is -0.205. The fourth-order valence-electron chi connectivity index (χ4n) is 9.96. The summed E-state index contributed by atoms with van der Waals surface area (Å²) >= 11 is 0. The number of fused-ring (bicyclic) bond motifs is 5. The van der Waals surface area contributed by atoms with Crippen molar-refractivity contribution in [3.05, 3.63) is 0 Å². The predicted octanol–water partition coefficient (Wildman–Crippen LogP) is 4.56. The number of aliphatic hydroxyl groups is 2. The molecule has 0 aromatic heterocycles. The van der Waals surface area contributed by atoms with E-state index in [4.69, 9.17) is 0 Å². The molecule has 1 heterocycles. The average Bonchev–Trinajstić information content (AvgIpc) is 3.44. The molecule has 1 saturated heterocycles. The number of carbonyl (C=O) groups excluding carboxylic acids is 1. The van der Waals surface area contributed by atoms with Crippen LogP contribution in [0.5, 0.6) is 0 Å². The highest BCUT2D eigenvalue weighted by Crippen LogP contribution is 2.68. The van der Waals surface area contributed by atoms with Gasteiger partial charge in [0.25, 0.3) is 0 Å². The molecule has 34 heavy (non-hydrogen) atoms. The summed E-state index contributed by atoms with van der Waals surface area (Å²) in [7, 11) is 0. The van der Waals surface area contributed by atoms with Crippen LogP contribution in [0.3, 0.4) is 0 Å². The van der Waals surface area contributed by atoms with Gasteiger partial charge in [0.15, 0.2) is 0 Å². The van der Waals surface area contributed by atoms with Crippen LogP contribution in [0.4, 0.5) is 0 Å². The Morgan fingerprint density at radius 2 is 1.71 bits per heavy atom. The van der Waals surface area contributed by atoms with E-state index >= 15 is 0 Å². The minimum Gasteiger partial charge on any atom is -0.393 e.